The van der Waals surface area contributed by atoms with Crippen molar-refractivity contribution in [1.82, 2.24) is 4.98 Å². The Morgan fingerprint density at radius 3 is 2.79 bits per heavy atom. The number of benzene rings is 1. The maximum atomic E-state index is 5.63. The van der Waals surface area contributed by atoms with E-state index in [2.05, 4.69) is 43.2 Å². The molecule has 0 atom stereocenters. The van der Waals surface area contributed by atoms with Crippen LogP contribution in [0.25, 0.3) is 10.9 Å². The summed E-state index contributed by atoms with van der Waals surface area (Å²) in [6.07, 6.45) is 2.09. The van der Waals surface area contributed by atoms with Crippen molar-refractivity contribution in [2.45, 2.75) is 26.3 Å². The Labute approximate surface area is 84.1 Å². The Balaban J connectivity index is 2.63. The highest BCUT2D eigenvalue weighted by Gasteiger charge is 2.06. The summed E-state index contributed by atoms with van der Waals surface area (Å²) in [6, 6.07) is 6.35. The summed E-state index contributed by atoms with van der Waals surface area (Å²) in [5.74, 6) is 0.553. The normalized spacial score (nSPS) is 11.4. The number of aromatic amines is 1. The molecule has 1 aromatic heterocycles. The van der Waals surface area contributed by atoms with E-state index in [1.165, 1.54) is 22.0 Å². The van der Waals surface area contributed by atoms with Crippen molar-refractivity contribution in [2.75, 3.05) is 0 Å². The molecule has 2 heteroatoms. The Morgan fingerprint density at radius 1 is 1.36 bits per heavy atom. The molecule has 0 unspecified atom stereocenters. The first kappa shape index (κ1) is 9.28. The average Bonchev–Trinajstić information content (AvgIpc) is 2.59. The molecule has 0 amide bonds. The number of nitrogens with one attached hydrogen (secondary N) is 1. The number of aromatic nitrogens is 1. The van der Waals surface area contributed by atoms with Crippen molar-refractivity contribution in [2.24, 2.45) is 5.73 Å². The summed E-state index contributed by atoms with van der Waals surface area (Å²) >= 11 is 0. The first-order valence-corrected chi connectivity index (χ1v) is 5.02. The molecule has 1 aromatic carbocycles. The molecule has 0 saturated heterocycles. The average molecular weight is 188 g/mol. The number of H-pyrrole nitrogens is 1. The predicted octanol–water partition coefficient (Wildman–Crippen LogP) is 2.75. The summed E-state index contributed by atoms with van der Waals surface area (Å²) in [7, 11) is 0. The van der Waals surface area contributed by atoms with Gasteiger partial charge in [-0.1, -0.05) is 19.9 Å². The lowest BCUT2D eigenvalue weighted by Gasteiger charge is -2.03. The molecule has 0 fully saturated rings. The molecule has 0 aliphatic heterocycles. The van der Waals surface area contributed by atoms with Crippen LogP contribution in [0.15, 0.2) is 24.4 Å². The van der Waals surface area contributed by atoms with Crippen LogP contribution in [-0.2, 0) is 6.54 Å². The van der Waals surface area contributed by atoms with Gasteiger partial charge >= 0.3 is 0 Å². The van der Waals surface area contributed by atoms with E-state index in [1.807, 2.05) is 0 Å². The van der Waals surface area contributed by atoms with E-state index in [1.54, 1.807) is 0 Å². The van der Waals surface area contributed by atoms with Crippen molar-refractivity contribution in [3.63, 3.8) is 0 Å². The van der Waals surface area contributed by atoms with Crippen LogP contribution in [0.2, 0.25) is 0 Å². The lowest BCUT2D eigenvalue weighted by molar-refractivity contribution is 0.875. The molecule has 2 rings (SSSR count). The molecule has 0 bridgehead atoms. The molecular formula is C12H16N2. The molecule has 0 radical (unpaired) electrons. The fraction of sp³-hybridized carbons (Fsp3) is 0.333. The molecule has 2 aromatic rings. The second-order valence-electron chi connectivity index (χ2n) is 3.98. The number of fused-ring (bicyclic) bond motifs is 1. The maximum absolute atomic E-state index is 5.63. The third kappa shape index (κ3) is 1.42. The quantitative estimate of drug-likeness (QED) is 0.747. The summed E-state index contributed by atoms with van der Waals surface area (Å²) in [4.78, 5) is 3.28. The fourth-order valence-electron chi connectivity index (χ4n) is 1.79. The lowest BCUT2D eigenvalue weighted by atomic mass is 10.0. The summed E-state index contributed by atoms with van der Waals surface area (Å²) < 4.78 is 0. The number of hydrogen-bond acceptors (Lipinski definition) is 1. The summed E-state index contributed by atoms with van der Waals surface area (Å²) in [5.41, 5.74) is 9.39. The smallest absolute Gasteiger partial charge is 0.0457 e. The van der Waals surface area contributed by atoms with Gasteiger partial charge < -0.3 is 10.7 Å². The van der Waals surface area contributed by atoms with E-state index in [9.17, 15) is 0 Å². The third-order valence-corrected chi connectivity index (χ3v) is 2.64. The van der Waals surface area contributed by atoms with Gasteiger partial charge in [0, 0.05) is 23.6 Å². The maximum Gasteiger partial charge on any atom is 0.0457 e. The second-order valence-corrected chi connectivity index (χ2v) is 3.98. The molecule has 0 saturated carbocycles. The van der Waals surface area contributed by atoms with Gasteiger partial charge in [0.1, 0.15) is 0 Å². The van der Waals surface area contributed by atoms with E-state index in [0.29, 0.717) is 12.5 Å². The molecule has 0 spiro atoms. The molecule has 2 nitrogen and oxygen atoms in total. The van der Waals surface area contributed by atoms with Gasteiger partial charge in [-0.3, -0.25) is 0 Å². The Bertz CT molecular complexity index is 441. The van der Waals surface area contributed by atoms with Crippen molar-refractivity contribution >= 4 is 10.9 Å². The topological polar surface area (TPSA) is 41.8 Å². The first-order valence-electron chi connectivity index (χ1n) is 5.02. The SMILES string of the molecule is CC(C)c1c[nH]c2ccc(CN)cc12. The van der Waals surface area contributed by atoms with Gasteiger partial charge in [0.2, 0.25) is 0 Å². The lowest BCUT2D eigenvalue weighted by Crippen LogP contribution is -1.95. The standard InChI is InChI=1S/C12H16N2/c1-8(2)11-7-14-12-4-3-9(6-13)5-10(11)12/h3-5,7-8,14H,6,13H2,1-2H3. The van der Waals surface area contributed by atoms with Gasteiger partial charge in [-0.15, -0.1) is 0 Å². The van der Waals surface area contributed by atoms with Crippen LogP contribution < -0.4 is 5.73 Å². The highest BCUT2D eigenvalue weighted by Crippen LogP contribution is 2.25. The van der Waals surface area contributed by atoms with Crippen LogP contribution in [0.4, 0.5) is 0 Å². The largest absolute Gasteiger partial charge is 0.361 e. The molecule has 1 heterocycles. The third-order valence-electron chi connectivity index (χ3n) is 2.64. The molecule has 0 aliphatic carbocycles. The Hall–Kier alpha value is -1.28. The Kier molecular flexibility index (Phi) is 2.30. The van der Waals surface area contributed by atoms with Gasteiger partial charge in [0.15, 0.2) is 0 Å². The van der Waals surface area contributed by atoms with Gasteiger partial charge in [-0.05, 0) is 29.2 Å². The highest BCUT2D eigenvalue weighted by atomic mass is 14.7. The van der Waals surface area contributed by atoms with Crippen LogP contribution in [0.1, 0.15) is 30.9 Å². The Morgan fingerprint density at radius 2 is 2.14 bits per heavy atom. The van der Waals surface area contributed by atoms with Crippen LogP contribution in [0.5, 0.6) is 0 Å². The molecule has 0 aliphatic rings. The zero-order chi connectivity index (χ0) is 10.1. The first-order chi connectivity index (χ1) is 6.72. The monoisotopic (exact) mass is 188 g/mol. The van der Waals surface area contributed by atoms with Crippen molar-refractivity contribution in [3.05, 3.63) is 35.5 Å². The van der Waals surface area contributed by atoms with E-state index < -0.39 is 0 Å². The van der Waals surface area contributed by atoms with Crippen molar-refractivity contribution in [3.8, 4) is 0 Å². The number of rotatable bonds is 2. The number of hydrogen-bond donors (Lipinski definition) is 2. The van der Waals surface area contributed by atoms with E-state index in [0.717, 1.165) is 0 Å². The number of nitrogens with two attached hydrogens (primary N) is 1. The minimum Gasteiger partial charge on any atom is -0.361 e. The van der Waals surface area contributed by atoms with Gasteiger partial charge in [-0.2, -0.15) is 0 Å². The van der Waals surface area contributed by atoms with Crippen LogP contribution in [0, 0.1) is 0 Å². The van der Waals surface area contributed by atoms with Gasteiger partial charge in [-0.25, -0.2) is 0 Å². The molecule has 3 N–H and O–H groups in total. The van der Waals surface area contributed by atoms with Gasteiger partial charge in [0.05, 0.1) is 0 Å². The minimum atomic E-state index is 0.553. The summed E-state index contributed by atoms with van der Waals surface area (Å²) in [6.45, 7) is 5.02. The van der Waals surface area contributed by atoms with Crippen LogP contribution >= 0.6 is 0 Å². The minimum absolute atomic E-state index is 0.553. The highest BCUT2D eigenvalue weighted by molar-refractivity contribution is 5.84. The molecule has 14 heavy (non-hydrogen) atoms. The van der Waals surface area contributed by atoms with Crippen molar-refractivity contribution < 1.29 is 0 Å². The van der Waals surface area contributed by atoms with Gasteiger partial charge in [0.25, 0.3) is 0 Å². The zero-order valence-corrected chi connectivity index (χ0v) is 8.67. The zero-order valence-electron chi connectivity index (χ0n) is 8.67. The second kappa shape index (κ2) is 3.46. The summed E-state index contributed by atoms with van der Waals surface area (Å²) in [5, 5.41) is 1.31. The predicted molar refractivity (Wildman–Crippen MR) is 60.3 cm³/mol. The van der Waals surface area contributed by atoms with Crippen LogP contribution in [-0.4, -0.2) is 4.98 Å². The van der Waals surface area contributed by atoms with Crippen molar-refractivity contribution in [1.29, 1.82) is 0 Å². The molecular weight excluding hydrogens is 172 g/mol. The van der Waals surface area contributed by atoms with Crippen LogP contribution in [0.3, 0.4) is 0 Å². The molecule has 74 valence electrons. The van der Waals surface area contributed by atoms with E-state index in [-0.39, 0.29) is 0 Å². The van der Waals surface area contributed by atoms with E-state index in [4.69, 9.17) is 5.73 Å². The van der Waals surface area contributed by atoms with E-state index >= 15 is 0 Å². The fourth-order valence-corrected chi connectivity index (χ4v) is 1.79.